The maximum Gasteiger partial charge on any atom is 0.171 e. The fourth-order valence-corrected chi connectivity index (χ4v) is 2.33. The fraction of sp³-hybridized carbons (Fsp3) is 0.750. The number of thiol groups is 1. The van der Waals surface area contributed by atoms with Crippen molar-refractivity contribution in [1.82, 2.24) is 9.97 Å². The predicted molar refractivity (Wildman–Crippen MR) is 97.9 cm³/mol. The van der Waals surface area contributed by atoms with Gasteiger partial charge in [-0.3, -0.25) is 0 Å². The van der Waals surface area contributed by atoms with Crippen LogP contribution in [0.2, 0.25) is 5.15 Å². The first kappa shape index (κ1) is 20.5. The smallest absolute Gasteiger partial charge is 0.171 e. The first-order chi connectivity index (χ1) is 10.1. The molecule has 3 nitrogen and oxygen atoms in total. The predicted octanol–water partition coefficient (Wildman–Crippen LogP) is 4.89. The zero-order valence-electron chi connectivity index (χ0n) is 14.1. The summed E-state index contributed by atoms with van der Waals surface area (Å²) in [6, 6.07) is 0. The minimum atomic E-state index is 0.500. The Morgan fingerprint density at radius 2 is 2.00 bits per heavy atom. The van der Waals surface area contributed by atoms with Crippen LogP contribution in [0.1, 0.15) is 53.2 Å². The average Bonchev–Trinajstić information content (AvgIpc) is 2.51. The van der Waals surface area contributed by atoms with E-state index < -0.39 is 0 Å². The third-order valence-electron chi connectivity index (χ3n) is 3.15. The number of aromatic nitrogens is 2. The van der Waals surface area contributed by atoms with Crippen molar-refractivity contribution < 1.29 is 0 Å². The molecule has 0 bridgehead atoms. The molecule has 0 spiro atoms. The molecule has 1 aromatic rings. The van der Waals surface area contributed by atoms with Gasteiger partial charge in [-0.05, 0) is 18.1 Å². The van der Waals surface area contributed by atoms with Gasteiger partial charge in [-0.2, -0.15) is 12.6 Å². The monoisotopic (exact) mass is 331 g/mol. The molecule has 1 atom stereocenters. The molecular formula is C16H30ClN3S. The van der Waals surface area contributed by atoms with E-state index in [-0.39, 0.29) is 0 Å². The number of hydrogen-bond acceptors (Lipinski definition) is 4. The Morgan fingerprint density at radius 3 is 2.52 bits per heavy atom. The summed E-state index contributed by atoms with van der Waals surface area (Å²) in [4.78, 5) is 11.2. The van der Waals surface area contributed by atoms with Crippen molar-refractivity contribution in [3.05, 3.63) is 17.0 Å². The van der Waals surface area contributed by atoms with Crippen molar-refractivity contribution >= 4 is 30.0 Å². The highest BCUT2D eigenvalue weighted by molar-refractivity contribution is 7.80. The fourth-order valence-electron chi connectivity index (χ4n) is 1.90. The zero-order valence-corrected chi connectivity index (χ0v) is 15.7. The molecule has 1 aromatic heterocycles. The normalized spacial score (nSPS) is 11.6. The van der Waals surface area contributed by atoms with Crippen LogP contribution in [0, 0.1) is 5.92 Å². The van der Waals surface area contributed by atoms with E-state index in [2.05, 4.69) is 48.3 Å². The van der Waals surface area contributed by atoms with Crippen LogP contribution in [0.3, 0.4) is 0 Å². The van der Waals surface area contributed by atoms with Gasteiger partial charge in [0.2, 0.25) is 0 Å². The summed E-state index contributed by atoms with van der Waals surface area (Å²) >= 11 is 10.5. The Kier molecular flexibility index (Phi) is 11.8. The van der Waals surface area contributed by atoms with Gasteiger partial charge < -0.3 is 4.90 Å². The van der Waals surface area contributed by atoms with Crippen LogP contribution in [-0.4, -0.2) is 28.8 Å². The van der Waals surface area contributed by atoms with Crippen molar-refractivity contribution in [2.75, 3.05) is 23.7 Å². The lowest BCUT2D eigenvalue weighted by molar-refractivity contribution is 0.538. The molecule has 122 valence electrons. The quantitative estimate of drug-likeness (QED) is 0.687. The summed E-state index contributed by atoms with van der Waals surface area (Å²) in [6.45, 7) is 12.6. The molecule has 0 saturated carbocycles. The minimum Gasteiger partial charge on any atom is -0.354 e. The number of hydrogen-bond donors (Lipinski definition) is 1. The summed E-state index contributed by atoms with van der Waals surface area (Å²) in [5, 5.41) is 0.500. The standard InChI is InChI=1S/C14H24ClN3S.C2H6/c1-4-7-18(10-11(3)5-2)14-13(15)16-9-12(17-14)6-8-19;1-2/h9,11,19H,4-8,10H2,1-3H3;1-2H3. The molecular weight excluding hydrogens is 302 g/mol. The van der Waals surface area contributed by atoms with Gasteiger partial charge in [0.05, 0.1) is 11.9 Å². The van der Waals surface area contributed by atoms with Crippen LogP contribution in [0.4, 0.5) is 5.82 Å². The van der Waals surface area contributed by atoms with E-state index in [1.807, 2.05) is 13.8 Å². The second kappa shape index (κ2) is 12.1. The van der Waals surface area contributed by atoms with Crippen molar-refractivity contribution in [3.8, 4) is 0 Å². The highest BCUT2D eigenvalue weighted by atomic mass is 35.5. The highest BCUT2D eigenvalue weighted by Crippen LogP contribution is 2.23. The van der Waals surface area contributed by atoms with Crippen molar-refractivity contribution in [1.29, 1.82) is 0 Å². The Bertz CT molecular complexity index is 388. The van der Waals surface area contributed by atoms with Crippen LogP contribution in [0.15, 0.2) is 6.20 Å². The van der Waals surface area contributed by atoms with Gasteiger partial charge in [0.1, 0.15) is 0 Å². The van der Waals surface area contributed by atoms with Gasteiger partial charge >= 0.3 is 0 Å². The lowest BCUT2D eigenvalue weighted by Crippen LogP contribution is -2.30. The van der Waals surface area contributed by atoms with E-state index in [4.69, 9.17) is 11.6 Å². The van der Waals surface area contributed by atoms with Crippen molar-refractivity contribution in [2.24, 2.45) is 5.92 Å². The molecule has 1 rings (SSSR count). The van der Waals surface area contributed by atoms with Crippen LogP contribution in [-0.2, 0) is 6.42 Å². The molecule has 1 unspecified atom stereocenters. The number of aryl methyl sites for hydroxylation is 1. The van der Waals surface area contributed by atoms with Crippen LogP contribution < -0.4 is 4.90 Å². The maximum atomic E-state index is 6.22. The zero-order chi connectivity index (χ0) is 16.3. The van der Waals surface area contributed by atoms with E-state index in [1.165, 1.54) is 0 Å². The topological polar surface area (TPSA) is 29.0 Å². The van der Waals surface area contributed by atoms with Crippen LogP contribution >= 0.6 is 24.2 Å². The van der Waals surface area contributed by atoms with Gasteiger partial charge in [0.15, 0.2) is 11.0 Å². The lowest BCUT2D eigenvalue weighted by atomic mass is 10.1. The largest absolute Gasteiger partial charge is 0.354 e. The van der Waals surface area contributed by atoms with Gasteiger partial charge in [0, 0.05) is 19.5 Å². The second-order valence-corrected chi connectivity index (χ2v) is 5.71. The third kappa shape index (κ3) is 7.37. The molecule has 0 aliphatic rings. The van der Waals surface area contributed by atoms with Crippen LogP contribution in [0.25, 0.3) is 0 Å². The van der Waals surface area contributed by atoms with Gasteiger partial charge in [-0.1, -0.05) is 52.6 Å². The summed E-state index contributed by atoms with van der Waals surface area (Å²) < 4.78 is 0. The molecule has 0 fully saturated rings. The molecule has 5 heteroatoms. The van der Waals surface area contributed by atoms with Crippen LogP contribution in [0.5, 0.6) is 0 Å². The van der Waals surface area contributed by atoms with E-state index >= 15 is 0 Å². The molecule has 0 aliphatic carbocycles. The average molecular weight is 332 g/mol. The Balaban J connectivity index is 0.00000191. The highest BCUT2D eigenvalue weighted by Gasteiger charge is 2.15. The summed E-state index contributed by atoms with van der Waals surface area (Å²) in [7, 11) is 0. The SMILES string of the molecule is CC.CCCN(CC(C)CC)c1nc(CCS)cnc1Cl. The minimum absolute atomic E-state index is 0.500. The Morgan fingerprint density at radius 1 is 1.33 bits per heavy atom. The van der Waals surface area contributed by atoms with E-state index in [0.29, 0.717) is 11.1 Å². The van der Waals surface area contributed by atoms with Gasteiger partial charge in [-0.15, -0.1) is 0 Å². The van der Waals surface area contributed by atoms with E-state index in [0.717, 1.165) is 49.6 Å². The number of anilines is 1. The second-order valence-electron chi connectivity index (χ2n) is 4.91. The summed E-state index contributed by atoms with van der Waals surface area (Å²) in [6.07, 6.45) is 4.80. The summed E-state index contributed by atoms with van der Waals surface area (Å²) in [5.41, 5.74) is 0.958. The Labute approximate surface area is 140 Å². The Hall–Kier alpha value is -0.480. The number of rotatable bonds is 8. The van der Waals surface area contributed by atoms with Gasteiger partial charge in [-0.25, -0.2) is 9.97 Å². The van der Waals surface area contributed by atoms with E-state index in [1.54, 1.807) is 6.20 Å². The van der Waals surface area contributed by atoms with Crippen molar-refractivity contribution in [2.45, 2.75) is 53.9 Å². The first-order valence-corrected chi connectivity index (χ1v) is 9.00. The molecule has 0 radical (unpaired) electrons. The lowest BCUT2D eigenvalue weighted by Gasteiger charge is -2.26. The van der Waals surface area contributed by atoms with Gasteiger partial charge in [0.25, 0.3) is 0 Å². The molecule has 0 aliphatic heterocycles. The number of halogens is 1. The molecule has 0 aromatic carbocycles. The van der Waals surface area contributed by atoms with Crippen molar-refractivity contribution in [3.63, 3.8) is 0 Å². The molecule has 21 heavy (non-hydrogen) atoms. The molecule has 0 amide bonds. The molecule has 0 saturated heterocycles. The molecule has 0 N–H and O–H groups in total. The van der Waals surface area contributed by atoms with E-state index in [9.17, 15) is 0 Å². The third-order valence-corrected chi connectivity index (χ3v) is 3.64. The maximum absolute atomic E-state index is 6.22. The molecule has 1 heterocycles. The first-order valence-electron chi connectivity index (χ1n) is 7.99. The summed E-state index contributed by atoms with van der Waals surface area (Å²) in [5.74, 6) is 2.22. The number of nitrogens with zero attached hydrogens (tertiary/aromatic N) is 3.